The van der Waals surface area contributed by atoms with Crippen molar-refractivity contribution < 1.29 is 19.2 Å². The second kappa shape index (κ2) is 10.7. The molecule has 25 heavy (non-hydrogen) atoms. The summed E-state index contributed by atoms with van der Waals surface area (Å²) in [5.74, 6) is -0.193. The fraction of sp³-hybridized carbons (Fsp3) is 0.529. The zero-order valence-corrected chi connectivity index (χ0v) is 14.4. The van der Waals surface area contributed by atoms with Crippen LogP contribution in [0.3, 0.4) is 0 Å². The number of amides is 2. The first-order valence-electron chi connectivity index (χ1n) is 8.46. The zero-order chi connectivity index (χ0) is 17.9. The normalized spacial score (nSPS) is 19.9. The number of piperidine rings is 1. The van der Waals surface area contributed by atoms with Gasteiger partial charge < -0.3 is 20.7 Å². The van der Waals surface area contributed by atoms with Crippen LogP contribution in [0.4, 0.5) is 4.79 Å². The molecule has 0 bridgehead atoms. The van der Waals surface area contributed by atoms with Gasteiger partial charge in [-0.3, -0.25) is 9.63 Å². The topological polar surface area (TPSA) is 101 Å². The van der Waals surface area contributed by atoms with Crippen LogP contribution in [-0.2, 0) is 21.0 Å². The highest BCUT2D eigenvalue weighted by atomic mass is 16.7. The van der Waals surface area contributed by atoms with Crippen LogP contribution in [0.2, 0.25) is 0 Å². The van der Waals surface area contributed by atoms with Crippen LogP contribution in [0.25, 0.3) is 0 Å². The summed E-state index contributed by atoms with van der Waals surface area (Å²) < 4.78 is 5.06. The average Bonchev–Trinajstić information content (AvgIpc) is 2.67. The molecule has 0 unspecified atom stereocenters. The molecule has 0 spiro atoms. The molecule has 2 amide bonds. The van der Waals surface area contributed by atoms with Crippen molar-refractivity contribution in [3.63, 3.8) is 0 Å². The van der Waals surface area contributed by atoms with Crippen molar-refractivity contribution in [3.8, 4) is 0 Å². The Kier molecular flexibility index (Phi) is 8.17. The van der Waals surface area contributed by atoms with Gasteiger partial charge in [-0.25, -0.2) is 10.3 Å². The van der Waals surface area contributed by atoms with E-state index in [1.54, 1.807) is 0 Å². The molecular formula is C17H26N4O4. The Morgan fingerprint density at radius 3 is 2.72 bits per heavy atom. The van der Waals surface area contributed by atoms with E-state index in [-0.39, 0.29) is 31.7 Å². The van der Waals surface area contributed by atoms with Crippen molar-refractivity contribution in [2.45, 2.75) is 31.5 Å². The van der Waals surface area contributed by atoms with Gasteiger partial charge in [0.15, 0.2) is 0 Å². The van der Waals surface area contributed by atoms with Gasteiger partial charge >= 0.3 is 6.09 Å². The molecule has 1 saturated heterocycles. The molecule has 1 aromatic carbocycles. The van der Waals surface area contributed by atoms with E-state index in [2.05, 4.69) is 21.4 Å². The van der Waals surface area contributed by atoms with Crippen molar-refractivity contribution in [2.24, 2.45) is 0 Å². The molecule has 138 valence electrons. The summed E-state index contributed by atoms with van der Waals surface area (Å²) in [4.78, 5) is 28.5. The van der Waals surface area contributed by atoms with Gasteiger partial charge in [0.05, 0.1) is 12.6 Å². The minimum absolute atomic E-state index is 0.165. The summed E-state index contributed by atoms with van der Waals surface area (Å²) in [6.45, 7) is 1.38. The van der Waals surface area contributed by atoms with E-state index >= 15 is 0 Å². The smallest absolute Gasteiger partial charge is 0.407 e. The van der Waals surface area contributed by atoms with Gasteiger partial charge in [0.25, 0.3) is 5.91 Å². The van der Waals surface area contributed by atoms with Crippen LogP contribution in [-0.4, -0.2) is 50.8 Å². The van der Waals surface area contributed by atoms with Crippen LogP contribution in [0, 0.1) is 0 Å². The number of hydroxylamine groups is 1. The number of nitrogens with one attached hydrogen (secondary N) is 4. The number of hydrogen-bond donors (Lipinski definition) is 4. The lowest BCUT2D eigenvalue weighted by Crippen LogP contribution is -2.53. The van der Waals surface area contributed by atoms with Crippen molar-refractivity contribution in [3.05, 3.63) is 35.9 Å². The minimum Gasteiger partial charge on any atom is -0.445 e. The third-order valence-electron chi connectivity index (χ3n) is 4.00. The molecule has 8 heteroatoms. The summed E-state index contributed by atoms with van der Waals surface area (Å²) in [6, 6.07) is 9.58. The van der Waals surface area contributed by atoms with Gasteiger partial charge in [-0.15, -0.1) is 0 Å². The third-order valence-corrected chi connectivity index (χ3v) is 4.00. The second-order valence-electron chi connectivity index (χ2n) is 5.83. The molecule has 1 aliphatic rings. The molecule has 1 fully saturated rings. The molecule has 1 heterocycles. The third kappa shape index (κ3) is 7.08. The Morgan fingerprint density at radius 2 is 2.04 bits per heavy atom. The highest BCUT2D eigenvalue weighted by molar-refractivity contribution is 5.80. The summed E-state index contributed by atoms with van der Waals surface area (Å²) in [6.07, 6.45) is 1.17. The average molecular weight is 350 g/mol. The maximum absolute atomic E-state index is 11.9. The van der Waals surface area contributed by atoms with Gasteiger partial charge in [0.2, 0.25) is 0 Å². The largest absolute Gasteiger partial charge is 0.445 e. The summed E-state index contributed by atoms with van der Waals surface area (Å²) in [5, 5.41) is 8.90. The monoisotopic (exact) mass is 350 g/mol. The first kappa shape index (κ1) is 19.2. The molecule has 2 atom stereocenters. The van der Waals surface area contributed by atoms with Crippen molar-refractivity contribution in [1.82, 2.24) is 21.4 Å². The van der Waals surface area contributed by atoms with Crippen molar-refractivity contribution in [1.29, 1.82) is 0 Å². The molecule has 1 aliphatic heterocycles. The van der Waals surface area contributed by atoms with Gasteiger partial charge in [0, 0.05) is 19.1 Å². The molecule has 2 rings (SSSR count). The fourth-order valence-corrected chi connectivity index (χ4v) is 2.50. The van der Waals surface area contributed by atoms with Crippen LogP contribution in [0.15, 0.2) is 30.3 Å². The van der Waals surface area contributed by atoms with E-state index in [1.807, 2.05) is 37.4 Å². The fourth-order valence-electron chi connectivity index (χ4n) is 2.50. The van der Waals surface area contributed by atoms with E-state index in [0.717, 1.165) is 24.9 Å². The molecule has 0 radical (unpaired) electrons. The molecule has 0 aliphatic carbocycles. The highest BCUT2D eigenvalue weighted by Crippen LogP contribution is 2.07. The maximum Gasteiger partial charge on any atom is 0.407 e. The van der Waals surface area contributed by atoms with E-state index in [9.17, 15) is 9.59 Å². The van der Waals surface area contributed by atoms with Gasteiger partial charge in [-0.1, -0.05) is 30.3 Å². The molecule has 8 nitrogen and oxygen atoms in total. The van der Waals surface area contributed by atoms with E-state index < -0.39 is 6.09 Å². The quantitative estimate of drug-likeness (QED) is 0.397. The van der Waals surface area contributed by atoms with E-state index in [4.69, 9.17) is 9.57 Å². The van der Waals surface area contributed by atoms with E-state index in [1.165, 1.54) is 0 Å². The maximum atomic E-state index is 11.9. The second-order valence-corrected chi connectivity index (χ2v) is 5.83. The van der Waals surface area contributed by atoms with Crippen LogP contribution < -0.4 is 21.4 Å². The Balaban J connectivity index is 1.50. The predicted octanol–water partition coefficient (Wildman–Crippen LogP) is 0.301. The summed E-state index contributed by atoms with van der Waals surface area (Å²) in [5.41, 5.74) is 3.32. The number of ether oxygens (including phenoxy) is 1. The number of hydrogen-bond acceptors (Lipinski definition) is 6. The first-order chi connectivity index (χ1) is 12.2. The van der Waals surface area contributed by atoms with Gasteiger partial charge in [-0.05, 0) is 25.5 Å². The standard InChI is InChI=1S/C17H26N4O4/c1-18-14-7-8-15(20-11-14)16(22)21-25-10-9-19-17(23)24-12-13-5-3-2-4-6-13/h2-6,14-15,18,20H,7-12H2,1H3,(H,19,23)(H,21,22)/t14-,15+/m1/s1. The molecule has 1 aromatic rings. The Bertz CT molecular complexity index is 533. The minimum atomic E-state index is -0.522. The Labute approximate surface area is 147 Å². The lowest BCUT2D eigenvalue weighted by atomic mass is 10.0. The van der Waals surface area contributed by atoms with Crippen LogP contribution in [0.5, 0.6) is 0 Å². The summed E-state index contributed by atoms with van der Waals surface area (Å²) >= 11 is 0. The van der Waals surface area contributed by atoms with Crippen molar-refractivity contribution in [2.75, 3.05) is 26.7 Å². The molecule has 4 N–H and O–H groups in total. The molecule has 0 saturated carbocycles. The van der Waals surface area contributed by atoms with E-state index in [0.29, 0.717) is 6.04 Å². The van der Waals surface area contributed by atoms with Gasteiger partial charge in [-0.2, -0.15) is 0 Å². The number of benzene rings is 1. The lowest BCUT2D eigenvalue weighted by Gasteiger charge is -2.28. The van der Waals surface area contributed by atoms with Crippen LogP contribution >= 0.6 is 0 Å². The first-order valence-corrected chi connectivity index (χ1v) is 8.46. The Hall–Kier alpha value is -2.16. The number of carbonyl (C=O) groups is 2. The Morgan fingerprint density at radius 1 is 1.24 bits per heavy atom. The summed E-state index contributed by atoms with van der Waals surface area (Å²) in [7, 11) is 1.91. The van der Waals surface area contributed by atoms with Crippen LogP contribution in [0.1, 0.15) is 18.4 Å². The van der Waals surface area contributed by atoms with Crippen molar-refractivity contribution >= 4 is 12.0 Å². The number of likely N-dealkylation sites (N-methyl/N-ethyl adjacent to an activating group) is 1. The number of alkyl carbamates (subject to hydrolysis) is 1. The zero-order valence-electron chi connectivity index (χ0n) is 14.4. The SMILES string of the molecule is CN[C@@H]1CC[C@@H](C(=O)NOCCNC(=O)OCc2ccccc2)NC1. The molecular weight excluding hydrogens is 324 g/mol. The number of carbonyl (C=O) groups excluding carboxylic acids is 2. The van der Waals surface area contributed by atoms with Gasteiger partial charge in [0.1, 0.15) is 6.61 Å². The molecule has 0 aromatic heterocycles. The predicted molar refractivity (Wildman–Crippen MR) is 92.6 cm³/mol. The lowest BCUT2D eigenvalue weighted by molar-refractivity contribution is -0.136. The number of rotatable bonds is 8. The highest BCUT2D eigenvalue weighted by Gasteiger charge is 2.24.